The molecule has 0 radical (unpaired) electrons. The van der Waals surface area contributed by atoms with Gasteiger partial charge in [-0.05, 0) is 55.8 Å². The first-order valence-electron chi connectivity index (χ1n) is 17.5. The predicted octanol–water partition coefficient (Wildman–Crippen LogP) is 8.11. The fourth-order valence-corrected chi connectivity index (χ4v) is 6.21. The highest BCUT2D eigenvalue weighted by atomic mass is 32.2. The number of hydrogen-bond donors (Lipinski definition) is 2. The van der Waals surface area contributed by atoms with Crippen LogP contribution in [0.5, 0.6) is 11.5 Å². The van der Waals surface area contributed by atoms with Gasteiger partial charge in [-0.1, -0.05) is 63.2 Å². The van der Waals surface area contributed by atoms with Crippen molar-refractivity contribution in [1.29, 1.82) is 0 Å². The van der Waals surface area contributed by atoms with Gasteiger partial charge in [0.25, 0.3) is 22.9 Å². The summed E-state index contributed by atoms with van der Waals surface area (Å²) < 4.78 is 2.38. The molecule has 5 rings (SSSR count). The Balaban J connectivity index is 0.000000252. The molecule has 59 heavy (non-hydrogen) atoms. The van der Waals surface area contributed by atoms with E-state index in [2.05, 4.69) is 78.8 Å². The van der Waals surface area contributed by atoms with Gasteiger partial charge in [0.2, 0.25) is 0 Å². The largest absolute Gasteiger partial charge is 0.497 e. The maximum absolute atomic E-state index is 10.4. The van der Waals surface area contributed by atoms with Crippen LogP contribution in [0.4, 0.5) is 34.1 Å². The second-order valence-corrected chi connectivity index (χ2v) is 13.2. The molecule has 0 saturated heterocycles. The number of aromatic hydroxyl groups is 2. The van der Waals surface area contributed by atoms with Gasteiger partial charge >= 0.3 is 22.7 Å². The molecular weight excluding hydrogens is 803 g/mol. The molecule has 4 aromatic carbocycles. The van der Waals surface area contributed by atoms with Crippen LogP contribution in [0, 0.1) is 60.7 Å². The van der Waals surface area contributed by atoms with E-state index in [1.54, 1.807) is 11.8 Å². The first-order valence-corrected chi connectivity index (χ1v) is 18.3. The van der Waals surface area contributed by atoms with Gasteiger partial charge < -0.3 is 19.7 Å². The van der Waals surface area contributed by atoms with Gasteiger partial charge in [-0.2, -0.15) is 0 Å². The Morgan fingerprint density at radius 2 is 1.08 bits per heavy atom. The van der Waals surface area contributed by atoms with E-state index in [-0.39, 0.29) is 0 Å². The fourth-order valence-electron chi connectivity index (χ4n) is 5.29. The van der Waals surface area contributed by atoms with Crippen LogP contribution in [0.25, 0.3) is 11.0 Å². The van der Waals surface area contributed by atoms with Crippen LogP contribution < -0.4 is 0 Å². The summed E-state index contributed by atoms with van der Waals surface area (Å²) in [5.74, 6) is -2.42. The Morgan fingerprint density at radius 1 is 0.644 bits per heavy atom. The summed E-state index contributed by atoms with van der Waals surface area (Å²) in [4.78, 5) is 64.2. The molecule has 24 heteroatoms. The van der Waals surface area contributed by atoms with E-state index in [0.717, 1.165) is 36.9 Å². The van der Waals surface area contributed by atoms with Crippen molar-refractivity contribution in [2.75, 3.05) is 19.6 Å². The summed E-state index contributed by atoms with van der Waals surface area (Å²) in [5, 5.41) is 81.5. The van der Waals surface area contributed by atoms with E-state index in [9.17, 15) is 60.7 Å². The number of rotatable bonds is 16. The number of hydrogen-bond acceptors (Lipinski definition) is 17. The molecule has 0 amide bonds. The molecule has 1 aromatic heterocycles. The molecule has 5 aromatic rings. The number of benzene rings is 4. The van der Waals surface area contributed by atoms with Crippen LogP contribution in [0.1, 0.15) is 39.2 Å². The zero-order chi connectivity index (χ0) is 44.0. The number of aryl methyl sites for hydroxylation is 1. The van der Waals surface area contributed by atoms with Gasteiger partial charge in [-0.15, -0.1) is 0 Å². The number of fused-ring (bicyclic) bond motifs is 1. The predicted molar refractivity (Wildman–Crippen MR) is 213 cm³/mol. The third kappa shape index (κ3) is 12.3. The molecule has 2 N–H and O–H groups in total. The van der Waals surface area contributed by atoms with Crippen LogP contribution >= 0.6 is 11.8 Å². The molecule has 0 spiro atoms. The molecule has 0 saturated carbocycles. The van der Waals surface area contributed by atoms with Gasteiger partial charge in [-0.25, -0.2) is 4.98 Å². The first kappa shape index (κ1) is 46.0. The molecule has 0 atom stereocenters. The van der Waals surface area contributed by atoms with Crippen molar-refractivity contribution in [2.24, 2.45) is 0 Å². The Hall–Kier alpha value is -7.34. The normalized spacial score (nSPS) is 10.6. The van der Waals surface area contributed by atoms with Crippen LogP contribution in [0.3, 0.4) is 0 Å². The maximum atomic E-state index is 10.4. The van der Waals surface area contributed by atoms with Crippen LogP contribution in [-0.4, -0.2) is 73.8 Å². The average Bonchev–Trinajstić information content (AvgIpc) is 3.54. The second-order valence-electron chi connectivity index (χ2n) is 12.1. The fraction of sp³-hybridized carbons (Fsp3) is 0.286. The number of nitro groups is 6. The summed E-state index contributed by atoms with van der Waals surface area (Å²) in [6, 6.07) is 19.3. The minimum absolute atomic E-state index is 0.447. The number of non-ortho nitro benzene ring substituents is 2. The summed E-state index contributed by atoms with van der Waals surface area (Å²) in [6.07, 6.45) is 3.67. The number of aromatic nitrogens is 2. The number of nitro benzene ring substituents is 6. The van der Waals surface area contributed by atoms with Gasteiger partial charge in [0.1, 0.15) is 0 Å². The second kappa shape index (κ2) is 21.3. The number of unbranched alkanes of at least 4 members (excludes halogenated alkanes) is 1. The SMILES string of the molecule is CCCCc1ccc(Sc2nc3ccccc3n2CCN(CC)CC)cc1.O=[N+]([O-])c1cc([N+](=O)[O-])c(O)c([N+](=O)[O-])c1.O=[N+]([O-])c1cc([N+](=O)[O-])c(O)c([N+](=O)[O-])c1. The zero-order valence-corrected chi connectivity index (χ0v) is 32.4. The van der Waals surface area contributed by atoms with E-state index in [1.807, 2.05) is 0 Å². The van der Waals surface area contributed by atoms with Crippen molar-refractivity contribution < 1.29 is 39.8 Å². The molecular formula is C35H37N9O14S. The lowest BCUT2D eigenvalue weighted by Gasteiger charge is -2.19. The topological polar surface area (TPSA) is 320 Å². The van der Waals surface area contributed by atoms with Crippen LogP contribution in [0.15, 0.2) is 82.8 Å². The Bertz CT molecular complexity index is 2190. The van der Waals surface area contributed by atoms with E-state index < -0.39 is 75.2 Å². The van der Waals surface area contributed by atoms with Crippen molar-refractivity contribution in [3.8, 4) is 11.5 Å². The van der Waals surface area contributed by atoms with Crippen molar-refractivity contribution in [3.63, 3.8) is 0 Å². The Labute approximate surface area is 337 Å². The lowest BCUT2D eigenvalue weighted by atomic mass is 10.1. The lowest BCUT2D eigenvalue weighted by molar-refractivity contribution is -0.404. The molecule has 1 heterocycles. The van der Waals surface area contributed by atoms with Crippen molar-refractivity contribution in [2.45, 2.75) is 56.6 Å². The Morgan fingerprint density at radius 3 is 1.47 bits per heavy atom. The summed E-state index contributed by atoms with van der Waals surface area (Å²) in [6.45, 7) is 10.9. The van der Waals surface area contributed by atoms with Crippen molar-refractivity contribution in [1.82, 2.24) is 14.5 Å². The lowest BCUT2D eigenvalue weighted by Crippen LogP contribution is -2.27. The van der Waals surface area contributed by atoms with Crippen molar-refractivity contribution >= 4 is 56.9 Å². The third-order valence-electron chi connectivity index (χ3n) is 8.42. The molecule has 312 valence electrons. The number of nitrogens with zero attached hydrogens (tertiary/aromatic N) is 9. The molecule has 23 nitrogen and oxygen atoms in total. The standard InChI is InChI=1S/C23H31N3S.2C6H3N3O7/c1-4-7-10-19-13-15-20(16-14-19)27-23-24-21-11-8-9-12-22(21)26(23)18-17-25(5-2)6-3;2*10-6-4(8(13)14)1-3(7(11)12)2-5(6)9(15)16/h8-9,11-16H,4-7,10,17-18H2,1-3H3;2*1-2,10H. The molecule has 0 bridgehead atoms. The maximum Gasteiger partial charge on any atom is 0.324 e. The van der Waals surface area contributed by atoms with E-state index in [4.69, 9.17) is 15.2 Å². The summed E-state index contributed by atoms with van der Waals surface area (Å²) >= 11 is 1.77. The molecule has 0 fully saturated rings. The third-order valence-corrected chi connectivity index (χ3v) is 9.42. The number of imidazole rings is 1. The quantitative estimate of drug-likeness (QED) is 0.0699. The minimum Gasteiger partial charge on any atom is -0.497 e. The zero-order valence-electron chi connectivity index (χ0n) is 31.6. The number of phenols is 2. The van der Waals surface area contributed by atoms with Crippen LogP contribution in [0.2, 0.25) is 0 Å². The highest BCUT2D eigenvalue weighted by Gasteiger charge is 2.31. The number of para-hydroxylation sites is 2. The number of phenolic OH excluding ortho intramolecular Hbond substituents is 2. The van der Waals surface area contributed by atoms with E-state index in [0.29, 0.717) is 24.3 Å². The van der Waals surface area contributed by atoms with Gasteiger partial charge in [-0.3, -0.25) is 60.7 Å². The van der Waals surface area contributed by atoms with Gasteiger partial charge in [0.05, 0.1) is 64.8 Å². The van der Waals surface area contributed by atoms with Gasteiger partial charge in [0.15, 0.2) is 5.16 Å². The molecule has 0 aliphatic heterocycles. The Kier molecular flexibility index (Phi) is 16.6. The van der Waals surface area contributed by atoms with Crippen LogP contribution in [-0.2, 0) is 13.0 Å². The highest BCUT2D eigenvalue weighted by molar-refractivity contribution is 7.99. The first-order chi connectivity index (χ1) is 27.9. The monoisotopic (exact) mass is 839 g/mol. The van der Waals surface area contributed by atoms with Crippen molar-refractivity contribution in [3.05, 3.63) is 139 Å². The highest BCUT2D eigenvalue weighted by Crippen LogP contribution is 2.40. The summed E-state index contributed by atoms with van der Waals surface area (Å²) in [7, 11) is 0. The van der Waals surface area contributed by atoms with E-state index >= 15 is 0 Å². The minimum atomic E-state index is -1.21. The average molecular weight is 840 g/mol. The number of likely N-dealkylation sites (N-methyl/N-ethyl adjacent to an activating group) is 1. The summed E-state index contributed by atoms with van der Waals surface area (Å²) in [5.41, 5.74) is -2.27. The molecule has 0 unspecified atom stereocenters. The molecule has 0 aliphatic rings. The van der Waals surface area contributed by atoms with E-state index in [1.165, 1.54) is 35.2 Å². The molecule has 0 aliphatic carbocycles. The smallest absolute Gasteiger partial charge is 0.324 e. The van der Waals surface area contributed by atoms with Gasteiger partial charge in [0, 0.05) is 18.0 Å².